The van der Waals surface area contributed by atoms with E-state index in [1.165, 1.54) is 5.56 Å². The van der Waals surface area contributed by atoms with Gasteiger partial charge in [0, 0.05) is 24.4 Å². The third kappa shape index (κ3) is 5.08. The van der Waals surface area contributed by atoms with E-state index < -0.39 is 0 Å². The zero-order chi connectivity index (χ0) is 16.8. The summed E-state index contributed by atoms with van der Waals surface area (Å²) in [6, 6.07) is 10.8. The summed E-state index contributed by atoms with van der Waals surface area (Å²) in [4.78, 5) is 24.3. The number of carbonyl (C=O) groups is 2. The van der Waals surface area contributed by atoms with Gasteiger partial charge in [-0.2, -0.15) is 0 Å². The maximum atomic E-state index is 12.3. The van der Waals surface area contributed by atoms with E-state index in [9.17, 15) is 9.59 Å². The number of amides is 2. The number of rotatable bonds is 7. The van der Waals surface area contributed by atoms with Gasteiger partial charge < -0.3 is 10.6 Å². The Morgan fingerprint density at radius 2 is 1.50 bits per heavy atom. The van der Waals surface area contributed by atoms with Crippen molar-refractivity contribution in [3.8, 4) is 0 Å². The predicted octanol–water partition coefficient (Wildman–Crippen LogP) is 2.82. The van der Waals surface area contributed by atoms with Crippen LogP contribution in [0, 0.1) is 11.8 Å². The Morgan fingerprint density at radius 1 is 0.875 bits per heavy atom. The van der Waals surface area contributed by atoms with Crippen LogP contribution < -0.4 is 10.6 Å². The third-order valence-corrected chi connectivity index (χ3v) is 5.18. The van der Waals surface area contributed by atoms with Crippen LogP contribution in [0.1, 0.15) is 50.5 Å². The van der Waals surface area contributed by atoms with Crippen LogP contribution in [0.5, 0.6) is 0 Å². The van der Waals surface area contributed by atoms with Crippen LogP contribution in [0.4, 0.5) is 0 Å². The zero-order valence-corrected chi connectivity index (χ0v) is 14.3. The average molecular weight is 328 g/mol. The highest BCUT2D eigenvalue weighted by atomic mass is 16.2. The minimum atomic E-state index is 0.0895. The molecule has 0 atom stereocenters. The quantitative estimate of drug-likeness (QED) is 0.756. The van der Waals surface area contributed by atoms with E-state index in [2.05, 4.69) is 22.8 Å². The van der Waals surface area contributed by atoms with Crippen molar-refractivity contribution in [2.45, 2.75) is 57.4 Å². The zero-order valence-electron chi connectivity index (χ0n) is 14.3. The number of carbonyl (C=O) groups excluding carboxylic acids is 2. The predicted molar refractivity (Wildman–Crippen MR) is 94.4 cm³/mol. The molecule has 4 heteroatoms. The minimum Gasteiger partial charge on any atom is -0.356 e. The summed E-state index contributed by atoms with van der Waals surface area (Å²) in [5, 5.41) is 6.16. The molecule has 2 saturated carbocycles. The SMILES string of the molecule is O=C(NCCCc1ccccc1)C1CCC(C(=O)NC2CC2)CC1. The average Bonchev–Trinajstić information content (AvgIpc) is 3.43. The van der Waals surface area contributed by atoms with Crippen molar-refractivity contribution in [1.29, 1.82) is 0 Å². The lowest BCUT2D eigenvalue weighted by Crippen LogP contribution is -2.38. The van der Waals surface area contributed by atoms with Crippen molar-refractivity contribution >= 4 is 11.8 Å². The van der Waals surface area contributed by atoms with Crippen LogP contribution in [0.2, 0.25) is 0 Å². The van der Waals surface area contributed by atoms with Crippen LogP contribution in [0.3, 0.4) is 0 Å². The first-order chi connectivity index (χ1) is 11.7. The molecule has 1 aromatic carbocycles. The highest BCUT2D eigenvalue weighted by molar-refractivity contribution is 5.81. The molecule has 1 aromatic rings. The van der Waals surface area contributed by atoms with Gasteiger partial charge in [0.2, 0.25) is 11.8 Å². The molecule has 2 aliphatic carbocycles. The van der Waals surface area contributed by atoms with Crippen molar-refractivity contribution in [2.24, 2.45) is 11.8 Å². The Hall–Kier alpha value is -1.84. The molecule has 0 unspecified atom stereocenters. The third-order valence-electron chi connectivity index (χ3n) is 5.18. The van der Waals surface area contributed by atoms with Gasteiger partial charge in [-0.25, -0.2) is 0 Å². The van der Waals surface area contributed by atoms with Crippen molar-refractivity contribution in [1.82, 2.24) is 10.6 Å². The fourth-order valence-electron chi connectivity index (χ4n) is 3.46. The van der Waals surface area contributed by atoms with E-state index >= 15 is 0 Å². The molecule has 0 aliphatic heterocycles. The van der Waals surface area contributed by atoms with Gasteiger partial charge in [0.15, 0.2) is 0 Å². The first-order valence-corrected chi connectivity index (χ1v) is 9.34. The van der Waals surface area contributed by atoms with E-state index in [-0.39, 0.29) is 23.7 Å². The number of hydrogen-bond donors (Lipinski definition) is 2. The molecule has 2 fully saturated rings. The molecule has 2 amide bonds. The van der Waals surface area contributed by atoms with E-state index in [0.29, 0.717) is 6.04 Å². The molecular weight excluding hydrogens is 300 g/mol. The van der Waals surface area contributed by atoms with Crippen LogP contribution in [-0.4, -0.2) is 24.4 Å². The number of hydrogen-bond acceptors (Lipinski definition) is 2. The minimum absolute atomic E-state index is 0.0895. The van der Waals surface area contributed by atoms with Gasteiger partial charge in [-0.3, -0.25) is 9.59 Å². The number of benzene rings is 1. The van der Waals surface area contributed by atoms with Gasteiger partial charge in [0.1, 0.15) is 0 Å². The topological polar surface area (TPSA) is 58.2 Å². The molecule has 24 heavy (non-hydrogen) atoms. The lowest BCUT2D eigenvalue weighted by atomic mass is 9.81. The highest BCUT2D eigenvalue weighted by Gasteiger charge is 2.32. The van der Waals surface area contributed by atoms with E-state index in [1.54, 1.807) is 0 Å². The Bertz CT molecular complexity index is 546. The van der Waals surface area contributed by atoms with Gasteiger partial charge in [-0.1, -0.05) is 30.3 Å². The molecule has 0 radical (unpaired) electrons. The Balaban J connectivity index is 1.31. The summed E-state index contributed by atoms with van der Waals surface area (Å²) in [7, 11) is 0. The Morgan fingerprint density at radius 3 is 2.12 bits per heavy atom. The summed E-state index contributed by atoms with van der Waals surface area (Å²) in [5.41, 5.74) is 1.31. The fraction of sp³-hybridized carbons (Fsp3) is 0.600. The summed E-state index contributed by atoms with van der Waals surface area (Å²) in [6.45, 7) is 0.732. The normalized spacial score (nSPS) is 23.5. The molecule has 0 heterocycles. The molecule has 0 saturated heterocycles. The summed E-state index contributed by atoms with van der Waals surface area (Å²) in [6.07, 6.45) is 7.60. The molecule has 130 valence electrons. The van der Waals surface area contributed by atoms with Crippen LogP contribution in [0.15, 0.2) is 30.3 Å². The first-order valence-electron chi connectivity index (χ1n) is 9.34. The van der Waals surface area contributed by atoms with Gasteiger partial charge in [0.25, 0.3) is 0 Å². The number of aryl methyl sites for hydroxylation is 1. The Kier molecular flexibility index (Phi) is 5.89. The summed E-state index contributed by atoms with van der Waals surface area (Å²) < 4.78 is 0. The van der Waals surface area contributed by atoms with Crippen LogP contribution >= 0.6 is 0 Å². The summed E-state index contributed by atoms with van der Waals surface area (Å²) in [5.74, 6) is 0.586. The fourth-order valence-corrected chi connectivity index (χ4v) is 3.46. The van der Waals surface area contributed by atoms with E-state index in [0.717, 1.165) is 57.9 Å². The van der Waals surface area contributed by atoms with Gasteiger partial charge in [-0.05, 0) is 56.9 Å². The molecule has 2 N–H and O–H groups in total. The molecule has 0 spiro atoms. The maximum absolute atomic E-state index is 12.3. The second kappa shape index (κ2) is 8.32. The summed E-state index contributed by atoms with van der Waals surface area (Å²) >= 11 is 0. The maximum Gasteiger partial charge on any atom is 0.223 e. The van der Waals surface area contributed by atoms with Crippen molar-refractivity contribution in [2.75, 3.05) is 6.54 Å². The molecule has 3 rings (SSSR count). The molecule has 0 aromatic heterocycles. The van der Waals surface area contributed by atoms with E-state index in [4.69, 9.17) is 0 Å². The van der Waals surface area contributed by atoms with Crippen LogP contribution in [0.25, 0.3) is 0 Å². The largest absolute Gasteiger partial charge is 0.356 e. The lowest BCUT2D eigenvalue weighted by molar-refractivity contribution is -0.130. The first kappa shape index (κ1) is 17.0. The van der Waals surface area contributed by atoms with Gasteiger partial charge >= 0.3 is 0 Å². The van der Waals surface area contributed by atoms with E-state index in [1.807, 2.05) is 18.2 Å². The van der Waals surface area contributed by atoms with Gasteiger partial charge in [0.05, 0.1) is 0 Å². The number of nitrogens with one attached hydrogen (secondary N) is 2. The van der Waals surface area contributed by atoms with Crippen molar-refractivity contribution in [3.63, 3.8) is 0 Å². The second-order valence-electron chi connectivity index (χ2n) is 7.21. The standard InChI is InChI=1S/C20H28N2O2/c23-19(21-14-4-7-15-5-2-1-3-6-15)16-8-10-17(11-9-16)20(24)22-18-12-13-18/h1-3,5-6,16-18H,4,7-14H2,(H,21,23)(H,22,24). The Labute approximate surface area is 144 Å². The highest BCUT2D eigenvalue weighted by Crippen LogP contribution is 2.30. The van der Waals surface area contributed by atoms with Crippen molar-refractivity contribution < 1.29 is 9.59 Å². The van der Waals surface area contributed by atoms with Crippen molar-refractivity contribution in [3.05, 3.63) is 35.9 Å². The molecule has 0 bridgehead atoms. The lowest BCUT2D eigenvalue weighted by Gasteiger charge is -2.27. The molecular formula is C20H28N2O2. The van der Waals surface area contributed by atoms with Gasteiger partial charge in [-0.15, -0.1) is 0 Å². The monoisotopic (exact) mass is 328 g/mol. The smallest absolute Gasteiger partial charge is 0.223 e. The molecule has 2 aliphatic rings. The molecule has 4 nitrogen and oxygen atoms in total. The second-order valence-corrected chi connectivity index (χ2v) is 7.21. The van der Waals surface area contributed by atoms with Crippen LogP contribution in [-0.2, 0) is 16.0 Å².